The number of thiophene rings is 1. The van der Waals surface area contributed by atoms with E-state index in [-0.39, 0.29) is 11.5 Å². The van der Waals surface area contributed by atoms with Crippen LogP contribution in [0.1, 0.15) is 27.6 Å². The zero-order chi connectivity index (χ0) is 19.4. The molecule has 0 spiro atoms. The summed E-state index contributed by atoms with van der Waals surface area (Å²) in [6.45, 7) is 2.44. The molecule has 0 saturated heterocycles. The van der Waals surface area contributed by atoms with Crippen LogP contribution >= 0.6 is 22.9 Å². The summed E-state index contributed by atoms with van der Waals surface area (Å²) < 4.78 is 5.37. The first-order valence-corrected chi connectivity index (χ1v) is 9.46. The number of halogens is 1. The van der Waals surface area contributed by atoms with Gasteiger partial charge in [0.1, 0.15) is 10.8 Å². The maximum atomic E-state index is 12.5. The second kappa shape index (κ2) is 8.24. The average molecular weight is 401 g/mol. The average Bonchev–Trinajstić information content (AvgIpc) is 3.07. The number of primary amides is 1. The number of carbonyl (C=O) groups excluding carboxylic acids is 2. The first kappa shape index (κ1) is 18.9. The SMILES string of the molecule is CCOc1ccc(C(=O)Nc2scc(-c3ccc(Cl)cc3)c2C(N)=O)cc1. The molecule has 2 amide bonds. The van der Waals surface area contributed by atoms with Crippen molar-refractivity contribution in [3.63, 3.8) is 0 Å². The van der Waals surface area contributed by atoms with Crippen LogP contribution in [-0.4, -0.2) is 18.4 Å². The monoisotopic (exact) mass is 400 g/mol. The smallest absolute Gasteiger partial charge is 0.256 e. The first-order chi connectivity index (χ1) is 13.0. The van der Waals surface area contributed by atoms with Gasteiger partial charge in [0.25, 0.3) is 11.8 Å². The van der Waals surface area contributed by atoms with Crippen molar-refractivity contribution in [3.05, 3.63) is 70.1 Å². The third kappa shape index (κ3) is 4.30. The fourth-order valence-corrected chi connectivity index (χ4v) is 3.68. The van der Waals surface area contributed by atoms with Gasteiger partial charge in [-0.05, 0) is 48.9 Å². The van der Waals surface area contributed by atoms with Crippen molar-refractivity contribution in [1.29, 1.82) is 0 Å². The van der Waals surface area contributed by atoms with E-state index in [9.17, 15) is 9.59 Å². The van der Waals surface area contributed by atoms with E-state index < -0.39 is 5.91 Å². The summed E-state index contributed by atoms with van der Waals surface area (Å²) in [7, 11) is 0. The van der Waals surface area contributed by atoms with E-state index >= 15 is 0 Å². The van der Waals surface area contributed by atoms with E-state index in [2.05, 4.69) is 5.32 Å². The predicted molar refractivity (Wildman–Crippen MR) is 109 cm³/mol. The van der Waals surface area contributed by atoms with Gasteiger partial charge in [-0.2, -0.15) is 0 Å². The number of ether oxygens (including phenoxy) is 1. The summed E-state index contributed by atoms with van der Waals surface area (Å²) in [6, 6.07) is 13.8. The number of benzene rings is 2. The van der Waals surface area contributed by atoms with Crippen molar-refractivity contribution in [1.82, 2.24) is 0 Å². The van der Waals surface area contributed by atoms with Crippen molar-refractivity contribution in [2.75, 3.05) is 11.9 Å². The number of amides is 2. The minimum absolute atomic E-state index is 0.279. The summed E-state index contributed by atoms with van der Waals surface area (Å²) in [5, 5.41) is 5.57. The van der Waals surface area contributed by atoms with Gasteiger partial charge in [0.05, 0.1) is 12.2 Å². The van der Waals surface area contributed by atoms with Crippen LogP contribution < -0.4 is 15.8 Å². The zero-order valence-corrected chi connectivity index (χ0v) is 16.1. The van der Waals surface area contributed by atoms with Crippen LogP contribution in [-0.2, 0) is 0 Å². The van der Waals surface area contributed by atoms with Gasteiger partial charge in [-0.3, -0.25) is 9.59 Å². The van der Waals surface area contributed by atoms with Gasteiger partial charge >= 0.3 is 0 Å². The molecule has 0 bridgehead atoms. The fourth-order valence-electron chi connectivity index (χ4n) is 2.58. The Morgan fingerprint density at radius 2 is 1.78 bits per heavy atom. The van der Waals surface area contributed by atoms with Crippen LogP contribution in [0.4, 0.5) is 5.00 Å². The molecule has 0 aliphatic heterocycles. The molecule has 0 saturated carbocycles. The molecule has 138 valence electrons. The number of rotatable bonds is 6. The van der Waals surface area contributed by atoms with Gasteiger partial charge in [-0.15, -0.1) is 11.3 Å². The van der Waals surface area contributed by atoms with Crippen molar-refractivity contribution in [2.45, 2.75) is 6.92 Å². The van der Waals surface area contributed by atoms with Crippen molar-refractivity contribution < 1.29 is 14.3 Å². The maximum Gasteiger partial charge on any atom is 0.256 e. The van der Waals surface area contributed by atoms with E-state index in [1.165, 1.54) is 11.3 Å². The van der Waals surface area contributed by atoms with Gasteiger partial charge in [0, 0.05) is 21.5 Å². The number of hydrogen-bond donors (Lipinski definition) is 2. The van der Waals surface area contributed by atoms with Crippen LogP contribution in [0, 0.1) is 0 Å². The van der Waals surface area contributed by atoms with Gasteiger partial charge in [-0.25, -0.2) is 0 Å². The summed E-state index contributed by atoms with van der Waals surface area (Å²) in [5.41, 5.74) is 7.76. The summed E-state index contributed by atoms with van der Waals surface area (Å²) in [6.07, 6.45) is 0. The molecule has 3 rings (SSSR count). The summed E-state index contributed by atoms with van der Waals surface area (Å²) in [5.74, 6) is -0.249. The van der Waals surface area contributed by atoms with Crippen molar-refractivity contribution >= 4 is 39.8 Å². The van der Waals surface area contributed by atoms with Crippen molar-refractivity contribution in [3.8, 4) is 16.9 Å². The van der Waals surface area contributed by atoms with E-state index in [1.54, 1.807) is 53.9 Å². The standard InChI is InChI=1S/C20H17ClN2O3S/c1-2-26-15-9-5-13(6-10-15)19(25)23-20-17(18(22)24)16(11-27-20)12-3-7-14(21)8-4-12/h3-11H,2H2,1H3,(H2,22,24)(H,23,25). The lowest BCUT2D eigenvalue weighted by Gasteiger charge is -2.08. The Morgan fingerprint density at radius 1 is 1.11 bits per heavy atom. The molecular formula is C20H17ClN2O3S. The predicted octanol–water partition coefficient (Wildman–Crippen LogP) is 4.82. The second-order valence-corrected chi connectivity index (χ2v) is 6.95. The summed E-state index contributed by atoms with van der Waals surface area (Å²) >= 11 is 7.17. The molecule has 0 radical (unpaired) electrons. The molecule has 3 N–H and O–H groups in total. The number of carbonyl (C=O) groups is 2. The van der Waals surface area contributed by atoms with Gasteiger partial charge < -0.3 is 15.8 Å². The Morgan fingerprint density at radius 3 is 2.37 bits per heavy atom. The second-order valence-electron chi connectivity index (χ2n) is 5.64. The maximum absolute atomic E-state index is 12.5. The van der Waals surface area contributed by atoms with Crippen LogP contribution in [0.25, 0.3) is 11.1 Å². The van der Waals surface area contributed by atoms with Crippen LogP contribution in [0.15, 0.2) is 53.9 Å². The Hall–Kier alpha value is -2.83. The van der Waals surface area contributed by atoms with Crippen LogP contribution in [0.5, 0.6) is 5.75 Å². The highest BCUT2D eigenvalue weighted by Gasteiger charge is 2.20. The molecule has 7 heteroatoms. The quantitative estimate of drug-likeness (QED) is 0.622. The minimum Gasteiger partial charge on any atom is -0.494 e. The molecule has 0 atom stereocenters. The zero-order valence-electron chi connectivity index (χ0n) is 14.5. The molecule has 1 heterocycles. The normalized spacial score (nSPS) is 10.4. The van der Waals surface area contributed by atoms with E-state index in [4.69, 9.17) is 22.1 Å². The van der Waals surface area contributed by atoms with Gasteiger partial charge in [-0.1, -0.05) is 23.7 Å². The lowest BCUT2D eigenvalue weighted by atomic mass is 10.0. The largest absolute Gasteiger partial charge is 0.494 e. The highest BCUT2D eigenvalue weighted by molar-refractivity contribution is 7.15. The molecule has 0 aliphatic carbocycles. The van der Waals surface area contributed by atoms with E-state index in [1.807, 2.05) is 6.92 Å². The number of nitrogens with one attached hydrogen (secondary N) is 1. The Bertz CT molecular complexity index is 966. The topological polar surface area (TPSA) is 81.4 Å². The summed E-state index contributed by atoms with van der Waals surface area (Å²) in [4.78, 5) is 24.5. The molecule has 27 heavy (non-hydrogen) atoms. The lowest BCUT2D eigenvalue weighted by Crippen LogP contribution is -2.17. The third-order valence-corrected chi connectivity index (χ3v) is 4.99. The van der Waals surface area contributed by atoms with E-state index in [0.29, 0.717) is 33.5 Å². The molecule has 1 aromatic heterocycles. The number of nitrogens with two attached hydrogens (primary N) is 1. The Kier molecular flexibility index (Phi) is 5.78. The Labute approximate surface area is 165 Å². The number of anilines is 1. The molecule has 3 aromatic rings. The van der Waals surface area contributed by atoms with Gasteiger partial charge in [0.2, 0.25) is 0 Å². The highest BCUT2D eigenvalue weighted by atomic mass is 35.5. The van der Waals surface area contributed by atoms with Crippen molar-refractivity contribution in [2.24, 2.45) is 5.73 Å². The first-order valence-electron chi connectivity index (χ1n) is 8.21. The molecule has 2 aromatic carbocycles. The molecule has 5 nitrogen and oxygen atoms in total. The van der Waals surface area contributed by atoms with Crippen LogP contribution in [0.2, 0.25) is 5.02 Å². The van der Waals surface area contributed by atoms with Gasteiger partial charge in [0.15, 0.2) is 0 Å². The molecular weight excluding hydrogens is 384 g/mol. The molecule has 0 unspecified atom stereocenters. The lowest BCUT2D eigenvalue weighted by molar-refractivity contribution is 0.100. The fraction of sp³-hybridized carbons (Fsp3) is 0.100. The number of hydrogen-bond acceptors (Lipinski definition) is 4. The molecule has 0 fully saturated rings. The van der Waals surface area contributed by atoms with Crippen LogP contribution in [0.3, 0.4) is 0 Å². The highest BCUT2D eigenvalue weighted by Crippen LogP contribution is 2.36. The third-order valence-electron chi connectivity index (χ3n) is 3.85. The minimum atomic E-state index is -0.608. The Balaban J connectivity index is 1.87. The molecule has 0 aliphatic rings. The van der Waals surface area contributed by atoms with E-state index in [0.717, 1.165) is 5.56 Å².